The number of likely N-dealkylation sites (tertiary alicyclic amines) is 1. The number of hydrogen-bond donors (Lipinski definition) is 3. The molecule has 0 bridgehead atoms. The van der Waals surface area contributed by atoms with E-state index >= 15 is 0 Å². The number of carbonyl (C=O) groups excluding carboxylic acids is 1. The SMILES string of the molecule is COc1cc(N)c(Cl)cc1C(=O)NC1CCN(CC(=O)O)CC1OC. The number of anilines is 1. The summed E-state index contributed by atoms with van der Waals surface area (Å²) < 4.78 is 10.6. The highest BCUT2D eigenvalue weighted by Gasteiger charge is 2.32. The van der Waals surface area contributed by atoms with E-state index in [-0.39, 0.29) is 35.2 Å². The van der Waals surface area contributed by atoms with Gasteiger partial charge in [0.25, 0.3) is 5.91 Å². The number of nitrogens with two attached hydrogens (primary N) is 1. The zero-order valence-corrected chi connectivity index (χ0v) is 14.9. The quantitative estimate of drug-likeness (QED) is 0.634. The molecule has 0 aliphatic carbocycles. The minimum atomic E-state index is -0.890. The Morgan fingerprint density at radius 1 is 1.44 bits per heavy atom. The second kappa shape index (κ2) is 8.37. The van der Waals surface area contributed by atoms with Crippen LogP contribution in [0.4, 0.5) is 5.69 Å². The molecule has 2 rings (SSSR count). The fraction of sp³-hybridized carbons (Fsp3) is 0.500. The van der Waals surface area contributed by atoms with Crippen LogP contribution in [0, 0.1) is 0 Å². The Balaban J connectivity index is 2.10. The fourth-order valence-corrected chi connectivity index (χ4v) is 3.04. The van der Waals surface area contributed by atoms with Gasteiger partial charge in [0.05, 0.1) is 42.1 Å². The Labute approximate surface area is 150 Å². The lowest BCUT2D eigenvalue weighted by molar-refractivity contribution is -0.139. The van der Waals surface area contributed by atoms with Crippen molar-refractivity contribution >= 4 is 29.2 Å². The molecule has 0 spiro atoms. The molecule has 4 N–H and O–H groups in total. The number of nitrogens with one attached hydrogen (secondary N) is 1. The third-order valence-corrected chi connectivity index (χ3v) is 4.51. The van der Waals surface area contributed by atoms with Crippen LogP contribution in [0.5, 0.6) is 5.75 Å². The standard InChI is InChI=1S/C16H22ClN3O5/c1-24-13-6-11(18)10(17)5-9(13)16(23)19-12-3-4-20(8-15(21)22)7-14(12)25-2/h5-6,12,14H,3-4,7-8,18H2,1-2H3,(H,19,23)(H,21,22). The molecular weight excluding hydrogens is 350 g/mol. The molecule has 0 radical (unpaired) electrons. The van der Waals surface area contributed by atoms with E-state index in [1.807, 2.05) is 0 Å². The molecule has 0 saturated carbocycles. The van der Waals surface area contributed by atoms with Crippen molar-refractivity contribution in [3.63, 3.8) is 0 Å². The molecule has 0 aromatic heterocycles. The number of methoxy groups -OCH3 is 2. The van der Waals surface area contributed by atoms with Gasteiger partial charge < -0.3 is 25.6 Å². The van der Waals surface area contributed by atoms with Gasteiger partial charge in [0, 0.05) is 26.3 Å². The van der Waals surface area contributed by atoms with Gasteiger partial charge in [-0.15, -0.1) is 0 Å². The average Bonchev–Trinajstić information content (AvgIpc) is 2.57. The van der Waals surface area contributed by atoms with E-state index in [4.69, 9.17) is 31.9 Å². The highest BCUT2D eigenvalue weighted by atomic mass is 35.5. The predicted octanol–water partition coefficient (Wildman–Crippen LogP) is 0.835. The number of carboxylic acids is 1. The van der Waals surface area contributed by atoms with Crippen LogP contribution in [0.3, 0.4) is 0 Å². The van der Waals surface area contributed by atoms with E-state index in [2.05, 4.69) is 5.32 Å². The number of amides is 1. The summed E-state index contributed by atoms with van der Waals surface area (Å²) >= 11 is 6.01. The number of halogens is 1. The molecule has 1 heterocycles. The molecule has 25 heavy (non-hydrogen) atoms. The van der Waals surface area contributed by atoms with Crippen molar-refractivity contribution < 1.29 is 24.2 Å². The molecule has 9 heteroatoms. The molecule has 1 saturated heterocycles. The van der Waals surface area contributed by atoms with Crippen LogP contribution < -0.4 is 15.8 Å². The van der Waals surface area contributed by atoms with Crippen molar-refractivity contribution in [3.05, 3.63) is 22.7 Å². The van der Waals surface area contributed by atoms with Crippen molar-refractivity contribution in [2.75, 3.05) is 39.6 Å². The summed E-state index contributed by atoms with van der Waals surface area (Å²) in [7, 11) is 2.98. The normalized spacial score (nSPS) is 20.9. The van der Waals surface area contributed by atoms with Crippen molar-refractivity contribution in [2.45, 2.75) is 18.6 Å². The molecule has 2 atom stereocenters. The zero-order chi connectivity index (χ0) is 18.6. The van der Waals surface area contributed by atoms with Crippen LogP contribution in [0.15, 0.2) is 12.1 Å². The summed E-state index contributed by atoms with van der Waals surface area (Å²) in [6.07, 6.45) is 0.259. The van der Waals surface area contributed by atoms with Gasteiger partial charge in [0.1, 0.15) is 5.75 Å². The smallest absolute Gasteiger partial charge is 0.317 e. The first-order valence-corrected chi connectivity index (χ1v) is 8.14. The van der Waals surface area contributed by atoms with Crippen molar-refractivity contribution in [2.24, 2.45) is 0 Å². The number of piperidine rings is 1. The Hall–Kier alpha value is -2.03. The zero-order valence-electron chi connectivity index (χ0n) is 14.1. The number of hydrogen-bond acceptors (Lipinski definition) is 6. The van der Waals surface area contributed by atoms with E-state index in [0.717, 1.165) is 0 Å². The van der Waals surface area contributed by atoms with Gasteiger partial charge in [-0.25, -0.2) is 0 Å². The van der Waals surface area contributed by atoms with Crippen LogP contribution in [-0.2, 0) is 9.53 Å². The number of ether oxygens (including phenoxy) is 2. The summed E-state index contributed by atoms with van der Waals surface area (Å²) in [5.74, 6) is -0.909. The minimum absolute atomic E-state index is 0.0537. The van der Waals surface area contributed by atoms with E-state index in [1.54, 1.807) is 4.90 Å². The van der Waals surface area contributed by atoms with E-state index in [0.29, 0.717) is 30.9 Å². The summed E-state index contributed by atoms with van der Waals surface area (Å²) in [6, 6.07) is 2.72. The van der Waals surface area contributed by atoms with Crippen molar-refractivity contribution in [3.8, 4) is 5.75 Å². The predicted molar refractivity (Wildman–Crippen MR) is 93.2 cm³/mol. The van der Waals surface area contributed by atoms with Crippen LogP contribution in [-0.4, -0.2) is 67.9 Å². The maximum absolute atomic E-state index is 12.6. The number of aliphatic carboxylic acids is 1. The van der Waals surface area contributed by atoms with Gasteiger partial charge >= 0.3 is 5.97 Å². The molecule has 8 nitrogen and oxygen atoms in total. The number of nitrogens with zero attached hydrogens (tertiary/aromatic N) is 1. The number of carboxylic acid groups (broad SMARTS) is 1. The summed E-state index contributed by atoms with van der Waals surface area (Å²) in [5, 5.41) is 12.1. The van der Waals surface area contributed by atoms with Gasteiger partial charge in [-0.05, 0) is 12.5 Å². The molecular formula is C16H22ClN3O5. The highest BCUT2D eigenvalue weighted by molar-refractivity contribution is 6.33. The average molecular weight is 372 g/mol. The first kappa shape index (κ1) is 19.3. The molecule has 1 fully saturated rings. The first-order chi connectivity index (χ1) is 11.8. The molecule has 1 aliphatic rings. The molecule has 1 amide bonds. The summed E-state index contributed by atoms with van der Waals surface area (Å²) in [6.45, 7) is 0.923. The second-order valence-electron chi connectivity index (χ2n) is 5.85. The summed E-state index contributed by atoms with van der Waals surface area (Å²) in [4.78, 5) is 25.2. The van der Waals surface area contributed by atoms with Gasteiger partial charge in [0.15, 0.2) is 0 Å². The third-order valence-electron chi connectivity index (χ3n) is 4.18. The van der Waals surface area contributed by atoms with Crippen LogP contribution >= 0.6 is 11.6 Å². The molecule has 1 aliphatic heterocycles. The van der Waals surface area contributed by atoms with E-state index in [9.17, 15) is 9.59 Å². The van der Waals surface area contributed by atoms with Gasteiger partial charge in [-0.3, -0.25) is 14.5 Å². The maximum atomic E-state index is 12.6. The Kier molecular flexibility index (Phi) is 6.46. The monoisotopic (exact) mass is 371 g/mol. The van der Waals surface area contributed by atoms with Crippen LogP contribution in [0.1, 0.15) is 16.8 Å². The number of carbonyl (C=O) groups is 2. The first-order valence-electron chi connectivity index (χ1n) is 7.76. The van der Waals surface area contributed by atoms with E-state index in [1.165, 1.54) is 26.4 Å². The Bertz CT molecular complexity index is 655. The molecule has 138 valence electrons. The highest BCUT2D eigenvalue weighted by Crippen LogP contribution is 2.29. The lowest BCUT2D eigenvalue weighted by Gasteiger charge is -2.37. The van der Waals surface area contributed by atoms with Gasteiger partial charge in [0.2, 0.25) is 0 Å². The topological polar surface area (TPSA) is 114 Å². The Morgan fingerprint density at radius 2 is 2.16 bits per heavy atom. The molecule has 1 aromatic rings. The lowest BCUT2D eigenvalue weighted by Crippen LogP contribution is -2.55. The third kappa shape index (κ3) is 4.75. The van der Waals surface area contributed by atoms with Gasteiger partial charge in [-0.2, -0.15) is 0 Å². The van der Waals surface area contributed by atoms with Crippen LogP contribution in [0.25, 0.3) is 0 Å². The van der Waals surface area contributed by atoms with Crippen molar-refractivity contribution in [1.29, 1.82) is 0 Å². The number of rotatable bonds is 6. The maximum Gasteiger partial charge on any atom is 0.317 e. The summed E-state index contributed by atoms with van der Waals surface area (Å²) in [5.41, 5.74) is 6.34. The minimum Gasteiger partial charge on any atom is -0.496 e. The molecule has 1 aromatic carbocycles. The largest absolute Gasteiger partial charge is 0.496 e. The lowest BCUT2D eigenvalue weighted by atomic mass is 10.0. The fourth-order valence-electron chi connectivity index (χ4n) is 2.88. The van der Waals surface area contributed by atoms with Crippen LogP contribution in [0.2, 0.25) is 5.02 Å². The van der Waals surface area contributed by atoms with Crippen molar-refractivity contribution in [1.82, 2.24) is 10.2 Å². The number of benzene rings is 1. The number of nitrogen functional groups attached to an aromatic ring is 1. The van der Waals surface area contributed by atoms with Gasteiger partial charge in [-0.1, -0.05) is 11.6 Å². The van der Waals surface area contributed by atoms with E-state index < -0.39 is 5.97 Å². The molecule has 2 unspecified atom stereocenters. The Morgan fingerprint density at radius 3 is 2.76 bits per heavy atom. The second-order valence-corrected chi connectivity index (χ2v) is 6.25.